The summed E-state index contributed by atoms with van der Waals surface area (Å²) in [4.78, 5) is 13.9. The molecule has 10 rings (SSSR count). The number of hydrogen-bond acceptors (Lipinski definition) is 4. The lowest BCUT2D eigenvalue weighted by Crippen LogP contribution is -2.01. The monoisotopic (exact) mass is 603 g/mol. The van der Waals surface area contributed by atoms with Gasteiger partial charge in [0.2, 0.25) is 0 Å². The van der Waals surface area contributed by atoms with Gasteiger partial charge in [0.1, 0.15) is 11.2 Å². The van der Waals surface area contributed by atoms with E-state index in [4.69, 9.17) is 9.40 Å². The van der Waals surface area contributed by atoms with Gasteiger partial charge >= 0.3 is 0 Å². The van der Waals surface area contributed by atoms with Gasteiger partial charge in [-0.15, -0.1) is 0 Å². The highest BCUT2D eigenvalue weighted by Gasteiger charge is 2.18. The van der Waals surface area contributed by atoms with Crippen LogP contribution >= 0.6 is 0 Å². The Morgan fingerprint density at radius 1 is 0.489 bits per heavy atom. The molecule has 47 heavy (non-hydrogen) atoms. The minimum atomic E-state index is 0.587. The normalized spacial score (nSPS) is 11.8. The lowest BCUT2D eigenvalue weighted by molar-refractivity contribution is 0.670. The molecule has 4 aromatic heterocycles. The number of fused-ring (bicyclic) bond motifs is 7. The van der Waals surface area contributed by atoms with E-state index in [1.807, 2.05) is 36.4 Å². The van der Waals surface area contributed by atoms with Crippen LogP contribution in [0.25, 0.3) is 88.9 Å². The van der Waals surface area contributed by atoms with Crippen molar-refractivity contribution in [2.45, 2.75) is 0 Å². The van der Waals surface area contributed by atoms with E-state index in [1.165, 1.54) is 10.8 Å². The van der Waals surface area contributed by atoms with Crippen LogP contribution in [0.3, 0.4) is 0 Å². The molecular formula is C41H25N5O. The Morgan fingerprint density at radius 2 is 1.17 bits per heavy atom. The summed E-state index contributed by atoms with van der Waals surface area (Å²) in [5.74, 6) is 1.30. The Balaban J connectivity index is 1.13. The van der Waals surface area contributed by atoms with Crippen LogP contribution < -0.4 is 0 Å². The van der Waals surface area contributed by atoms with E-state index < -0.39 is 0 Å². The highest BCUT2D eigenvalue weighted by molar-refractivity contribution is 6.13. The third kappa shape index (κ3) is 3.88. The SMILES string of the molecule is c1cnc(-c2nc3ccccc3n2-c2ccc(-n3c4ccccc4c4cc(-c5cccc6c5oc5ccccc56)ccc43)cc2)nc1. The fraction of sp³-hybridized carbons (Fsp3) is 0. The van der Waals surface area contributed by atoms with Gasteiger partial charge in [-0.3, -0.25) is 4.57 Å². The third-order valence-electron chi connectivity index (χ3n) is 9.08. The van der Waals surface area contributed by atoms with Gasteiger partial charge in [0.25, 0.3) is 0 Å². The van der Waals surface area contributed by atoms with Crippen LogP contribution in [0.2, 0.25) is 0 Å². The molecule has 0 saturated heterocycles. The predicted molar refractivity (Wildman–Crippen MR) is 189 cm³/mol. The van der Waals surface area contributed by atoms with Crippen LogP contribution in [0.4, 0.5) is 0 Å². The minimum Gasteiger partial charge on any atom is -0.455 e. The molecule has 0 atom stereocenters. The molecule has 0 aliphatic carbocycles. The lowest BCUT2D eigenvalue weighted by atomic mass is 10.0. The van der Waals surface area contributed by atoms with Crippen molar-refractivity contribution in [3.8, 4) is 34.2 Å². The standard InChI is InChI=1S/C41H25N5O/c1-4-14-35-30(9-1)33-25-26(29-11-7-12-32-31-10-2-6-16-38(31)47-39(29)32)17-22-36(33)45(35)27-18-20-28(21-19-27)46-37-15-5-3-13-34(37)44-41(46)40-42-23-8-24-43-40/h1-25H. The number of rotatable bonds is 4. The van der Waals surface area contributed by atoms with Crippen molar-refractivity contribution in [3.05, 3.63) is 152 Å². The molecule has 6 nitrogen and oxygen atoms in total. The molecule has 10 aromatic rings. The van der Waals surface area contributed by atoms with Gasteiger partial charge in [0.15, 0.2) is 11.6 Å². The van der Waals surface area contributed by atoms with Crippen LogP contribution in [-0.4, -0.2) is 24.1 Å². The van der Waals surface area contributed by atoms with Gasteiger partial charge in [-0.25, -0.2) is 15.0 Å². The predicted octanol–water partition coefficient (Wildman–Crippen LogP) is 10.1. The maximum atomic E-state index is 6.40. The fourth-order valence-electron chi connectivity index (χ4n) is 7.00. The summed E-state index contributed by atoms with van der Waals surface area (Å²) in [7, 11) is 0. The van der Waals surface area contributed by atoms with Crippen molar-refractivity contribution in [1.29, 1.82) is 0 Å². The van der Waals surface area contributed by atoms with Crippen molar-refractivity contribution < 1.29 is 4.42 Å². The second-order valence-corrected chi connectivity index (χ2v) is 11.7. The van der Waals surface area contributed by atoms with Gasteiger partial charge < -0.3 is 8.98 Å². The molecule has 0 saturated carbocycles. The van der Waals surface area contributed by atoms with Gasteiger partial charge in [-0.05, 0) is 72.3 Å². The molecule has 0 aliphatic rings. The zero-order chi connectivity index (χ0) is 30.9. The maximum absolute atomic E-state index is 6.40. The molecule has 0 fully saturated rings. The molecular weight excluding hydrogens is 578 g/mol. The summed E-state index contributed by atoms with van der Waals surface area (Å²) in [6, 6.07) is 48.6. The van der Waals surface area contributed by atoms with Crippen molar-refractivity contribution in [2.24, 2.45) is 0 Å². The van der Waals surface area contributed by atoms with Gasteiger partial charge in [0.05, 0.1) is 22.1 Å². The summed E-state index contributed by atoms with van der Waals surface area (Å²) in [5.41, 5.74) is 10.3. The Hall–Kier alpha value is -6.53. The van der Waals surface area contributed by atoms with Crippen molar-refractivity contribution in [2.75, 3.05) is 0 Å². The Morgan fingerprint density at radius 3 is 2.02 bits per heavy atom. The Kier molecular flexibility index (Phi) is 5.48. The quantitative estimate of drug-likeness (QED) is 0.201. The average molecular weight is 604 g/mol. The second kappa shape index (κ2) is 9.99. The van der Waals surface area contributed by atoms with Crippen molar-refractivity contribution in [1.82, 2.24) is 24.1 Å². The van der Waals surface area contributed by atoms with E-state index in [0.29, 0.717) is 11.6 Å². The zero-order valence-electron chi connectivity index (χ0n) is 25.1. The van der Waals surface area contributed by atoms with Crippen LogP contribution in [-0.2, 0) is 0 Å². The van der Waals surface area contributed by atoms with E-state index >= 15 is 0 Å². The topological polar surface area (TPSA) is 61.7 Å². The molecule has 220 valence electrons. The van der Waals surface area contributed by atoms with Crippen LogP contribution in [0, 0.1) is 0 Å². The number of imidazole rings is 1. The molecule has 0 bridgehead atoms. The van der Waals surface area contributed by atoms with Crippen molar-refractivity contribution in [3.63, 3.8) is 0 Å². The zero-order valence-corrected chi connectivity index (χ0v) is 25.1. The highest BCUT2D eigenvalue weighted by Crippen LogP contribution is 2.39. The van der Waals surface area contributed by atoms with Gasteiger partial charge in [0, 0.05) is 50.9 Å². The summed E-state index contributed by atoms with van der Waals surface area (Å²) in [6.07, 6.45) is 3.50. The molecule has 4 heterocycles. The average Bonchev–Trinajstić information content (AvgIpc) is 3.82. The molecule has 0 N–H and O–H groups in total. The molecule has 0 amide bonds. The minimum absolute atomic E-state index is 0.587. The molecule has 0 aliphatic heterocycles. The van der Waals surface area contributed by atoms with E-state index in [0.717, 1.165) is 66.5 Å². The number of para-hydroxylation sites is 5. The van der Waals surface area contributed by atoms with E-state index in [9.17, 15) is 0 Å². The molecule has 6 heteroatoms. The number of hydrogen-bond donors (Lipinski definition) is 0. The first-order chi connectivity index (χ1) is 23.3. The smallest absolute Gasteiger partial charge is 0.196 e. The largest absolute Gasteiger partial charge is 0.455 e. The lowest BCUT2D eigenvalue weighted by Gasteiger charge is -2.12. The second-order valence-electron chi connectivity index (χ2n) is 11.7. The fourth-order valence-corrected chi connectivity index (χ4v) is 7.00. The van der Waals surface area contributed by atoms with Crippen molar-refractivity contribution >= 4 is 54.8 Å². The third-order valence-corrected chi connectivity index (χ3v) is 9.08. The first-order valence-corrected chi connectivity index (χ1v) is 15.6. The Bertz CT molecular complexity index is 2790. The molecule has 6 aromatic carbocycles. The van der Waals surface area contributed by atoms with Crippen LogP contribution in [0.15, 0.2) is 156 Å². The number of nitrogens with zero attached hydrogens (tertiary/aromatic N) is 5. The van der Waals surface area contributed by atoms with E-state index in [1.54, 1.807) is 12.4 Å². The highest BCUT2D eigenvalue weighted by atomic mass is 16.3. The first kappa shape index (κ1) is 25.8. The van der Waals surface area contributed by atoms with Crippen LogP contribution in [0.1, 0.15) is 0 Å². The van der Waals surface area contributed by atoms with E-state index in [-0.39, 0.29) is 0 Å². The van der Waals surface area contributed by atoms with Gasteiger partial charge in [-0.2, -0.15) is 0 Å². The Labute approximate surface area is 268 Å². The van der Waals surface area contributed by atoms with Crippen LogP contribution in [0.5, 0.6) is 0 Å². The maximum Gasteiger partial charge on any atom is 0.196 e. The summed E-state index contributed by atoms with van der Waals surface area (Å²) >= 11 is 0. The molecule has 0 unspecified atom stereocenters. The summed E-state index contributed by atoms with van der Waals surface area (Å²) in [5, 5.41) is 4.67. The van der Waals surface area contributed by atoms with E-state index in [2.05, 4.69) is 122 Å². The summed E-state index contributed by atoms with van der Waals surface area (Å²) in [6.45, 7) is 0. The number of aromatic nitrogens is 5. The van der Waals surface area contributed by atoms with Gasteiger partial charge in [-0.1, -0.05) is 72.8 Å². The number of furan rings is 1. The first-order valence-electron chi connectivity index (χ1n) is 15.6. The summed E-state index contributed by atoms with van der Waals surface area (Å²) < 4.78 is 10.9. The molecule has 0 spiro atoms. The number of benzene rings is 6. The molecule has 0 radical (unpaired) electrons.